The Balaban J connectivity index is 1.76. The molecule has 1 aliphatic rings. The Hall–Kier alpha value is -1.62. The molecule has 1 saturated heterocycles. The summed E-state index contributed by atoms with van der Waals surface area (Å²) in [5.74, 6) is -0.0824. The zero-order chi connectivity index (χ0) is 14.4. The molecule has 1 aromatic rings. The minimum absolute atomic E-state index is 0.0215. The van der Waals surface area contributed by atoms with E-state index in [4.69, 9.17) is 17.0 Å². The smallest absolute Gasteiger partial charge is 0.308 e. The van der Waals surface area contributed by atoms with Crippen LogP contribution >= 0.6 is 12.2 Å². The first-order valence-corrected chi connectivity index (χ1v) is 7.26. The highest BCUT2D eigenvalue weighted by molar-refractivity contribution is 7.80. The van der Waals surface area contributed by atoms with E-state index in [9.17, 15) is 4.79 Å². The van der Waals surface area contributed by atoms with Crippen molar-refractivity contribution in [2.75, 3.05) is 20.2 Å². The molecule has 1 aliphatic heterocycles. The summed E-state index contributed by atoms with van der Waals surface area (Å²) in [6.07, 6.45) is 1.61. The van der Waals surface area contributed by atoms with Crippen LogP contribution in [0.3, 0.4) is 0 Å². The normalized spacial score (nSPS) is 15.8. The number of benzene rings is 1. The Morgan fingerprint density at radius 2 is 2.00 bits per heavy atom. The van der Waals surface area contributed by atoms with Crippen LogP contribution in [0.15, 0.2) is 30.3 Å². The van der Waals surface area contributed by atoms with Gasteiger partial charge in [0.25, 0.3) is 0 Å². The number of rotatable bonds is 3. The topological polar surface area (TPSA) is 41.6 Å². The summed E-state index contributed by atoms with van der Waals surface area (Å²) in [4.78, 5) is 13.6. The molecule has 0 unspecified atom stereocenters. The lowest BCUT2D eigenvalue weighted by Gasteiger charge is -2.32. The first-order chi connectivity index (χ1) is 9.70. The van der Waals surface area contributed by atoms with Crippen LogP contribution in [0.4, 0.5) is 0 Å². The quantitative estimate of drug-likeness (QED) is 0.681. The number of ether oxygens (including phenoxy) is 1. The molecule has 2 rings (SSSR count). The minimum atomic E-state index is -0.104. The molecular formula is C15H20N2O2S. The third-order valence-corrected chi connectivity index (χ3v) is 4.01. The Bertz CT molecular complexity index is 456. The van der Waals surface area contributed by atoms with E-state index in [1.165, 1.54) is 12.7 Å². The second kappa shape index (κ2) is 7.24. The number of hydrogen-bond acceptors (Lipinski definition) is 3. The molecule has 1 fully saturated rings. The number of carbonyl (C=O) groups excluding carboxylic acids is 1. The van der Waals surface area contributed by atoms with Crippen LogP contribution in [0.2, 0.25) is 0 Å². The van der Waals surface area contributed by atoms with Gasteiger partial charge in [0.2, 0.25) is 0 Å². The molecule has 0 saturated carbocycles. The number of thiocarbonyl (C=S) groups is 1. The van der Waals surface area contributed by atoms with Crippen molar-refractivity contribution in [3.8, 4) is 0 Å². The fourth-order valence-electron chi connectivity index (χ4n) is 2.37. The molecule has 1 heterocycles. The maximum Gasteiger partial charge on any atom is 0.308 e. The molecule has 0 aromatic heterocycles. The molecule has 0 atom stereocenters. The van der Waals surface area contributed by atoms with Gasteiger partial charge in [-0.1, -0.05) is 30.3 Å². The van der Waals surface area contributed by atoms with Crippen LogP contribution in [-0.4, -0.2) is 36.2 Å². The summed E-state index contributed by atoms with van der Waals surface area (Å²) >= 11 is 5.40. The molecule has 108 valence electrons. The van der Waals surface area contributed by atoms with Gasteiger partial charge in [-0.15, -0.1) is 0 Å². The molecule has 0 aliphatic carbocycles. The number of piperidine rings is 1. The fraction of sp³-hybridized carbons (Fsp3) is 0.467. The van der Waals surface area contributed by atoms with Crippen molar-refractivity contribution in [3.05, 3.63) is 35.9 Å². The van der Waals surface area contributed by atoms with Crippen LogP contribution in [0.1, 0.15) is 18.4 Å². The Labute approximate surface area is 125 Å². The van der Waals surface area contributed by atoms with Crippen molar-refractivity contribution in [3.63, 3.8) is 0 Å². The third kappa shape index (κ3) is 3.93. The van der Waals surface area contributed by atoms with Crippen LogP contribution in [0.5, 0.6) is 0 Å². The van der Waals surface area contributed by atoms with Crippen molar-refractivity contribution in [1.29, 1.82) is 0 Å². The van der Waals surface area contributed by atoms with E-state index >= 15 is 0 Å². The summed E-state index contributed by atoms with van der Waals surface area (Å²) in [5, 5.41) is 4.03. The van der Waals surface area contributed by atoms with Crippen molar-refractivity contribution >= 4 is 23.3 Å². The lowest BCUT2D eigenvalue weighted by molar-refractivity contribution is -0.146. The Morgan fingerprint density at radius 3 is 2.60 bits per heavy atom. The van der Waals surface area contributed by atoms with Crippen LogP contribution in [0, 0.1) is 5.92 Å². The van der Waals surface area contributed by atoms with Gasteiger partial charge in [0.1, 0.15) is 0 Å². The second-order valence-electron chi connectivity index (χ2n) is 4.93. The van der Waals surface area contributed by atoms with E-state index in [1.54, 1.807) is 0 Å². The van der Waals surface area contributed by atoms with E-state index < -0.39 is 0 Å². The van der Waals surface area contributed by atoms with Crippen LogP contribution < -0.4 is 5.32 Å². The van der Waals surface area contributed by atoms with Gasteiger partial charge in [0.15, 0.2) is 5.11 Å². The second-order valence-corrected chi connectivity index (χ2v) is 5.32. The Morgan fingerprint density at radius 1 is 1.35 bits per heavy atom. The van der Waals surface area contributed by atoms with Crippen LogP contribution in [-0.2, 0) is 16.1 Å². The standard InChI is InChI=1S/C15H20N2O2S/c1-19-14(18)13-7-9-17(10-8-13)15(20)16-11-12-5-3-2-4-6-12/h2-6,13H,7-11H2,1H3,(H,16,20). The predicted octanol–water partition coefficient (Wildman–Crippen LogP) is 1.95. The average molecular weight is 292 g/mol. The van der Waals surface area contributed by atoms with Gasteiger partial charge >= 0.3 is 5.97 Å². The number of nitrogens with zero attached hydrogens (tertiary/aromatic N) is 1. The van der Waals surface area contributed by atoms with Gasteiger partial charge in [-0.05, 0) is 30.6 Å². The first-order valence-electron chi connectivity index (χ1n) is 6.85. The third-order valence-electron chi connectivity index (χ3n) is 3.60. The largest absolute Gasteiger partial charge is 0.469 e. The summed E-state index contributed by atoms with van der Waals surface area (Å²) in [6.45, 7) is 2.34. The highest BCUT2D eigenvalue weighted by Crippen LogP contribution is 2.18. The van der Waals surface area contributed by atoms with Crippen molar-refractivity contribution in [2.45, 2.75) is 19.4 Å². The molecule has 0 amide bonds. The predicted molar refractivity (Wildman–Crippen MR) is 82.2 cm³/mol. The summed E-state index contributed by atoms with van der Waals surface area (Å²) < 4.78 is 4.78. The number of carbonyl (C=O) groups is 1. The molecule has 0 spiro atoms. The number of methoxy groups -OCH3 is 1. The highest BCUT2D eigenvalue weighted by Gasteiger charge is 2.26. The van der Waals surface area contributed by atoms with Gasteiger partial charge in [-0.25, -0.2) is 0 Å². The molecule has 5 heteroatoms. The number of nitrogens with one attached hydrogen (secondary N) is 1. The van der Waals surface area contributed by atoms with Crippen molar-refractivity contribution in [1.82, 2.24) is 10.2 Å². The molecule has 1 aromatic carbocycles. The van der Waals surface area contributed by atoms with E-state index in [0.717, 1.165) is 37.6 Å². The van der Waals surface area contributed by atoms with E-state index in [-0.39, 0.29) is 11.9 Å². The molecule has 0 radical (unpaired) electrons. The fourth-order valence-corrected chi connectivity index (χ4v) is 2.63. The molecule has 0 bridgehead atoms. The lowest BCUT2D eigenvalue weighted by atomic mass is 9.97. The lowest BCUT2D eigenvalue weighted by Crippen LogP contribution is -2.45. The number of hydrogen-bond donors (Lipinski definition) is 1. The summed E-state index contributed by atoms with van der Waals surface area (Å²) in [7, 11) is 1.45. The van der Waals surface area contributed by atoms with E-state index in [0.29, 0.717) is 0 Å². The van der Waals surface area contributed by atoms with Gasteiger partial charge in [-0.3, -0.25) is 4.79 Å². The average Bonchev–Trinajstić information content (AvgIpc) is 2.53. The minimum Gasteiger partial charge on any atom is -0.469 e. The molecule has 4 nitrogen and oxygen atoms in total. The van der Waals surface area contributed by atoms with Crippen molar-refractivity contribution < 1.29 is 9.53 Å². The van der Waals surface area contributed by atoms with Gasteiger partial charge in [-0.2, -0.15) is 0 Å². The summed E-state index contributed by atoms with van der Waals surface area (Å²) in [5.41, 5.74) is 1.21. The maximum absolute atomic E-state index is 11.5. The van der Waals surface area contributed by atoms with E-state index in [2.05, 4.69) is 22.3 Å². The molecular weight excluding hydrogens is 272 g/mol. The van der Waals surface area contributed by atoms with Gasteiger partial charge < -0.3 is 15.0 Å². The first kappa shape index (κ1) is 14.8. The zero-order valence-corrected chi connectivity index (χ0v) is 12.5. The maximum atomic E-state index is 11.5. The summed E-state index contributed by atoms with van der Waals surface area (Å²) in [6, 6.07) is 10.2. The van der Waals surface area contributed by atoms with E-state index in [1.807, 2.05) is 18.2 Å². The van der Waals surface area contributed by atoms with Crippen molar-refractivity contribution in [2.24, 2.45) is 5.92 Å². The number of esters is 1. The van der Waals surface area contributed by atoms with Gasteiger partial charge in [0.05, 0.1) is 13.0 Å². The SMILES string of the molecule is COC(=O)C1CCN(C(=S)NCc2ccccc2)CC1. The van der Waals surface area contributed by atoms with Gasteiger partial charge in [0, 0.05) is 19.6 Å². The molecule has 1 N–H and O–H groups in total. The Kier molecular flexibility index (Phi) is 5.35. The highest BCUT2D eigenvalue weighted by atomic mass is 32.1. The molecule has 20 heavy (non-hydrogen) atoms. The number of likely N-dealkylation sites (tertiary alicyclic amines) is 1. The zero-order valence-electron chi connectivity index (χ0n) is 11.7. The van der Waals surface area contributed by atoms with Crippen LogP contribution in [0.25, 0.3) is 0 Å². The monoisotopic (exact) mass is 292 g/mol.